The summed E-state index contributed by atoms with van der Waals surface area (Å²) >= 11 is 0. The van der Waals surface area contributed by atoms with E-state index < -0.39 is 11.7 Å². The van der Waals surface area contributed by atoms with Crippen molar-refractivity contribution in [3.63, 3.8) is 0 Å². The maximum absolute atomic E-state index is 12.9. The molecule has 0 aliphatic rings. The Morgan fingerprint density at radius 2 is 1.65 bits per heavy atom. The van der Waals surface area contributed by atoms with Gasteiger partial charge in [-0.3, -0.25) is 0 Å². The summed E-state index contributed by atoms with van der Waals surface area (Å²) in [5, 5.41) is 2.91. The van der Waals surface area contributed by atoms with Crippen molar-refractivity contribution in [3.05, 3.63) is 53.7 Å². The van der Waals surface area contributed by atoms with Crippen molar-refractivity contribution in [2.24, 2.45) is 0 Å². The molecule has 1 aromatic heterocycles. The minimum atomic E-state index is -4.43. The first-order chi connectivity index (χ1) is 12.4. The second-order valence-electron chi connectivity index (χ2n) is 5.48. The van der Waals surface area contributed by atoms with Crippen molar-refractivity contribution in [2.45, 2.75) is 12.7 Å². The number of aromatic nitrogens is 2. The van der Waals surface area contributed by atoms with Crippen LogP contribution in [0, 0.1) is 0 Å². The van der Waals surface area contributed by atoms with E-state index in [4.69, 9.17) is 9.47 Å². The van der Waals surface area contributed by atoms with Crippen LogP contribution in [0.5, 0.6) is 17.4 Å². The fourth-order valence-corrected chi connectivity index (χ4v) is 2.37. The average molecular weight is 363 g/mol. The van der Waals surface area contributed by atoms with Gasteiger partial charge in [0.05, 0.1) is 23.7 Å². The van der Waals surface area contributed by atoms with Crippen LogP contribution in [0.2, 0.25) is 0 Å². The molecule has 0 fully saturated rings. The Morgan fingerprint density at radius 3 is 2.27 bits per heavy atom. The Hall–Kier alpha value is -2.87. The van der Waals surface area contributed by atoms with Crippen LogP contribution in [0.4, 0.5) is 13.2 Å². The highest BCUT2D eigenvalue weighted by molar-refractivity contribution is 5.76. The van der Waals surface area contributed by atoms with Gasteiger partial charge in [-0.05, 0) is 49.5 Å². The molecule has 136 valence electrons. The first kappa shape index (κ1) is 17.9. The van der Waals surface area contributed by atoms with Crippen molar-refractivity contribution in [2.75, 3.05) is 14.2 Å². The Balaban J connectivity index is 2.01. The summed E-state index contributed by atoms with van der Waals surface area (Å²) in [6.07, 6.45) is -4.43. The molecule has 0 spiro atoms. The van der Waals surface area contributed by atoms with Gasteiger partial charge in [0.2, 0.25) is 5.88 Å². The molecule has 0 saturated carbocycles. The number of methoxy groups -OCH3 is 1. The normalized spacial score (nSPS) is 11.6. The summed E-state index contributed by atoms with van der Waals surface area (Å²) in [5.74, 6) is 1.43. The zero-order chi connectivity index (χ0) is 18.7. The molecule has 0 amide bonds. The maximum Gasteiger partial charge on any atom is 0.416 e. The van der Waals surface area contributed by atoms with E-state index in [1.807, 2.05) is 0 Å². The number of hydrogen-bond donors (Lipinski definition) is 1. The Labute approximate surface area is 147 Å². The van der Waals surface area contributed by atoms with Gasteiger partial charge >= 0.3 is 6.18 Å². The van der Waals surface area contributed by atoms with E-state index in [1.54, 1.807) is 38.4 Å². The first-order valence-corrected chi connectivity index (χ1v) is 7.75. The number of nitrogens with zero attached hydrogens (tertiary/aromatic N) is 2. The number of rotatable bonds is 5. The molecule has 1 N–H and O–H groups in total. The largest absolute Gasteiger partial charge is 0.497 e. The van der Waals surface area contributed by atoms with Crippen LogP contribution in [0.15, 0.2) is 42.5 Å². The van der Waals surface area contributed by atoms with Gasteiger partial charge in [-0.25, -0.2) is 9.97 Å². The molecular formula is C18H16F3N3O2. The minimum Gasteiger partial charge on any atom is -0.497 e. The number of alkyl halides is 3. The Kier molecular flexibility index (Phi) is 4.94. The zero-order valence-corrected chi connectivity index (χ0v) is 14.1. The van der Waals surface area contributed by atoms with Crippen LogP contribution in [0.25, 0.3) is 11.0 Å². The Morgan fingerprint density at radius 1 is 0.962 bits per heavy atom. The van der Waals surface area contributed by atoms with Crippen LogP contribution in [-0.2, 0) is 12.7 Å². The molecule has 0 aliphatic carbocycles. The minimum absolute atomic E-state index is 0.159. The van der Waals surface area contributed by atoms with E-state index in [2.05, 4.69) is 15.3 Å². The zero-order valence-electron chi connectivity index (χ0n) is 14.1. The molecule has 0 aliphatic heterocycles. The van der Waals surface area contributed by atoms with E-state index in [-0.39, 0.29) is 11.4 Å². The highest BCUT2D eigenvalue weighted by Gasteiger charge is 2.30. The number of nitrogens with one attached hydrogen (secondary N) is 1. The van der Waals surface area contributed by atoms with Gasteiger partial charge in [-0.2, -0.15) is 13.2 Å². The highest BCUT2D eigenvalue weighted by atomic mass is 19.4. The standard InChI is InChI=1S/C18H16F3N3O2/c1-22-10-16-17(26-13-6-4-12(25-2)5-7-13)24-14-8-3-11(18(19,20)21)9-15(14)23-16/h3-9,22H,10H2,1-2H3. The highest BCUT2D eigenvalue weighted by Crippen LogP contribution is 2.32. The number of ether oxygens (including phenoxy) is 2. The topological polar surface area (TPSA) is 56.3 Å². The average Bonchev–Trinajstić information content (AvgIpc) is 2.62. The van der Waals surface area contributed by atoms with Crippen LogP contribution in [0.1, 0.15) is 11.3 Å². The van der Waals surface area contributed by atoms with Gasteiger partial charge in [0, 0.05) is 6.54 Å². The molecule has 0 radical (unpaired) electrons. The van der Waals surface area contributed by atoms with Crippen molar-refractivity contribution in [3.8, 4) is 17.4 Å². The molecular weight excluding hydrogens is 347 g/mol. The van der Waals surface area contributed by atoms with Gasteiger partial charge in [0.1, 0.15) is 17.2 Å². The lowest BCUT2D eigenvalue weighted by molar-refractivity contribution is -0.137. The lowest BCUT2D eigenvalue weighted by Gasteiger charge is -2.12. The monoisotopic (exact) mass is 363 g/mol. The third-order valence-corrected chi connectivity index (χ3v) is 3.65. The number of fused-ring (bicyclic) bond motifs is 1. The third kappa shape index (κ3) is 3.85. The summed E-state index contributed by atoms with van der Waals surface area (Å²) in [6.45, 7) is 0.296. The molecule has 0 unspecified atom stereocenters. The van der Waals surface area contributed by atoms with Crippen molar-refractivity contribution >= 4 is 11.0 Å². The van der Waals surface area contributed by atoms with E-state index in [0.29, 0.717) is 29.3 Å². The molecule has 5 nitrogen and oxygen atoms in total. The van der Waals surface area contributed by atoms with Crippen molar-refractivity contribution in [1.29, 1.82) is 0 Å². The molecule has 0 bridgehead atoms. The molecule has 3 rings (SSSR count). The quantitative estimate of drug-likeness (QED) is 0.737. The first-order valence-electron chi connectivity index (χ1n) is 7.75. The predicted octanol–water partition coefficient (Wildman–Crippen LogP) is 4.17. The van der Waals surface area contributed by atoms with Crippen molar-refractivity contribution < 1.29 is 22.6 Å². The summed E-state index contributed by atoms with van der Waals surface area (Å²) < 4.78 is 49.6. The third-order valence-electron chi connectivity index (χ3n) is 3.65. The lowest BCUT2D eigenvalue weighted by atomic mass is 10.2. The molecule has 8 heteroatoms. The molecule has 26 heavy (non-hydrogen) atoms. The van der Waals surface area contributed by atoms with E-state index in [9.17, 15) is 13.2 Å². The predicted molar refractivity (Wildman–Crippen MR) is 90.4 cm³/mol. The van der Waals surface area contributed by atoms with E-state index >= 15 is 0 Å². The lowest BCUT2D eigenvalue weighted by Crippen LogP contribution is -2.10. The maximum atomic E-state index is 12.9. The smallest absolute Gasteiger partial charge is 0.416 e. The van der Waals surface area contributed by atoms with Crippen LogP contribution in [-0.4, -0.2) is 24.1 Å². The molecule has 0 atom stereocenters. The molecule has 1 heterocycles. The van der Waals surface area contributed by atoms with Crippen LogP contribution < -0.4 is 14.8 Å². The van der Waals surface area contributed by atoms with Crippen molar-refractivity contribution in [1.82, 2.24) is 15.3 Å². The van der Waals surface area contributed by atoms with Crippen LogP contribution >= 0.6 is 0 Å². The second kappa shape index (κ2) is 7.17. The molecule has 3 aromatic rings. The second-order valence-corrected chi connectivity index (χ2v) is 5.48. The number of halogens is 3. The summed E-state index contributed by atoms with van der Waals surface area (Å²) in [4.78, 5) is 8.63. The number of hydrogen-bond acceptors (Lipinski definition) is 5. The fraction of sp³-hybridized carbons (Fsp3) is 0.222. The summed E-state index contributed by atoms with van der Waals surface area (Å²) in [7, 11) is 3.26. The Bertz CT molecular complexity index is 912. The molecule has 2 aromatic carbocycles. The summed E-state index contributed by atoms with van der Waals surface area (Å²) in [6, 6.07) is 10.1. The molecule has 0 saturated heterocycles. The van der Waals surface area contributed by atoms with E-state index in [1.165, 1.54) is 6.07 Å². The summed E-state index contributed by atoms with van der Waals surface area (Å²) in [5.41, 5.74) is 0.127. The van der Waals surface area contributed by atoms with Gasteiger partial charge < -0.3 is 14.8 Å². The SMILES string of the molecule is CNCc1nc2cc(C(F)(F)F)ccc2nc1Oc1ccc(OC)cc1. The van der Waals surface area contributed by atoms with Gasteiger partial charge in [0.15, 0.2) is 0 Å². The number of benzene rings is 2. The fourth-order valence-electron chi connectivity index (χ4n) is 2.37. The van der Waals surface area contributed by atoms with E-state index in [0.717, 1.165) is 12.1 Å². The van der Waals surface area contributed by atoms with Gasteiger partial charge in [-0.15, -0.1) is 0 Å². The van der Waals surface area contributed by atoms with Gasteiger partial charge in [-0.1, -0.05) is 0 Å². The van der Waals surface area contributed by atoms with Gasteiger partial charge in [0.25, 0.3) is 0 Å². The van der Waals surface area contributed by atoms with Crippen LogP contribution in [0.3, 0.4) is 0 Å².